The predicted molar refractivity (Wildman–Crippen MR) is 72.3 cm³/mol. The van der Waals surface area contributed by atoms with Crippen LogP contribution in [0.1, 0.15) is 27.2 Å². The lowest BCUT2D eigenvalue weighted by molar-refractivity contribution is -0.136. The van der Waals surface area contributed by atoms with Gasteiger partial charge in [-0.1, -0.05) is 20.8 Å². The van der Waals surface area contributed by atoms with Crippen molar-refractivity contribution < 1.29 is 18.0 Å². The van der Waals surface area contributed by atoms with Crippen LogP contribution in [-0.2, 0) is 19.4 Å². The Morgan fingerprint density at radius 3 is 2.37 bits per heavy atom. The molecular formula is C12H22N2O4S. The number of carbonyl (C=O) groups excluding carboxylic acids is 2. The SMILES string of the molecule is CC(C)(C)C1NC(=O)CCN(CCS(C)(=O)=O)C1=O. The molecule has 0 radical (unpaired) electrons. The molecule has 0 bridgehead atoms. The molecule has 1 saturated heterocycles. The number of nitrogens with one attached hydrogen (secondary N) is 1. The maximum atomic E-state index is 12.4. The van der Waals surface area contributed by atoms with Gasteiger partial charge in [0.2, 0.25) is 11.8 Å². The lowest BCUT2D eigenvalue weighted by atomic mass is 9.86. The second-order valence-electron chi connectivity index (χ2n) is 6.07. The average molecular weight is 290 g/mol. The molecule has 0 spiro atoms. The highest BCUT2D eigenvalue weighted by Gasteiger charge is 2.37. The number of hydrogen-bond donors (Lipinski definition) is 1. The van der Waals surface area contributed by atoms with Crippen molar-refractivity contribution in [3.05, 3.63) is 0 Å². The van der Waals surface area contributed by atoms with Gasteiger partial charge in [0.05, 0.1) is 5.75 Å². The zero-order valence-electron chi connectivity index (χ0n) is 11.9. The summed E-state index contributed by atoms with van der Waals surface area (Å²) in [5.74, 6) is -0.457. The fourth-order valence-corrected chi connectivity index (χ4v) is 2.46. The first-order chi connectivity index (χ1) is 8.50. The first-order valence-electron chi connectivity index (χ1n) is 6.26. The molecule has 1 rings (SSSR count). The van der Waals surface area contributed by atoms with Crippen molar-refractivity contribution >= 4 is 21.7 Å². The van der Waals surface area contributed by atoms with Crippen molar-refractivity contribution in [2.45, 2.75) is 33.2 Å². The third kappa shape index (κ3) is 4.81. The Hall–Kier alpha value is -1.11. The summed E-state index contributed by atoms with van der Waals surface area (Å²) >= 11 is 0. The summed E-state index contributed by atoms with van der Waals surface area (Å²) in [5.41, 5.74) is -0.402. The van der Waals surface area contributed by atoms with Crippen LogP contribution in [0.2, 0.25) is 0 Å². The van der Waals surface area contributed by atoms with Gasteiger partial charge >= 0.3 is 0 Å². The Labute approximate surface area is 114 Å². The van der Waals surface area contributed by atoms with Crippen molar-refractivity contribution in [1.29, 1.82) is 0 Å². The van der Waals surface area contributed by atoms with Crippen molar-refractivity contribution in [3.63, 3.8) is 0 Å². The molecular weight excluding hydrogens is 268 g/mol. The zero-order chi connectivity index (χ0) is 14.8. The van der Waals surface area contributed by atoms with E-state index >= 15 is 0 Å². The van der Waals surface area contributed by atoms with E-state index in [1.54, 1.807) is 0 Å². The minimum absolute atomic E-state index is 0.0796. The highest BCUT2D eigenvalue weighted by Crippen LogP contribution is 2.22. The number of nitrogens with zero attached hydrogens (tertiary/aromatic N) is 1. The van der Waals surface area contributed by atoms with Gasteiger partial charge < -0.3 is 10.2 Å². The molecule has 1 unspecified atom stereocenters. The molecule has 1 atom stereocenters. The predicted octanol–water partition coefficient (Wildman–Crippen LogP) is -0.206. The summed E-state index contributed by atoms with van der Waals surface area (Å²) < 4.78 is 22.4. The number of rotatable bonds is 3. The third-order valence-electron chi connectivity index (χ3n) is 3.07. The molecule has 1 heterocycles. The first-order valence-corrected chi connectivity index (χ1v) is 8.32. The number of hydrogen-bond acceptors (Lipinski definition) is 4. The monoisotopic (exact) mass is 290 g/mol. The van der Waals surface area contributed by atoms with Gasteiger partial charge in [0.15, 0.2) is 0 Å². The molecule has 1 aliphatic heterocycles. The van der Waals surface area contributed by atoms with Crippen molar-refractivity contribution in [3.8, 4) is 0 Å². The summed E-state index contributed by atoms with van der Waals surface area (Å²) in [7, 11) is -3.12. The Morgan fingerprint density at radius 2 is 1.89 bits per heavy atom. The van der Waals surface area contributed by atoms with Crippen LogP contribution in [0.3, 0.4) is 0 Å². The van der Waals surface area contributed by atoms with E-state index in [4.69, 9.17) is 0 Å². The zero-order valence-corrected chi connectivity index (χ0v) is 12.7. The Morgan fingerprint density at radius 1 is 1.32 bits per heavy atom. The highest BCUT2D eigenvalue weighted by molar-refractivity contribution is 7.90. The molecule has 2 amide bonds. The quantitative estimate of drug-likeness (QED) is 0.780. The number of amides is 2. The first kappa shape index (κ1) is 15.9. The summed E-state index contributed by atoms with van der Waals surface area (Å²) in [5, 5.41) is 2.72. The smallest absolute Gasteiger partial charge is 0.245 e. The maximum absolute atomic E-state index is 12.4. The topological polar surface area (TPSA) is 83.6 Å². The van der Waals surface area contributed by atoms with Gasteiger partial charge in [0, 0.05) is 25.8 Å². The van der Waals surface area contributed by atoms with Crippen LogP contribution in [0.25, 0.3) is 0 Å². The van der Waals surface area contributed by atoms with E-state index in [-0.39, 0.29) is 37.1 Å². The van der Waals surface area contributed by atoms with Gasteiger partial charge in [-0.25, -0.2) is 8.42 Å². The molecule has 0 saturated carbocycles. The number of sulfone groups is 1. The molecule has 1 aliphatic rings. The summed E-state index contributed by atoms with van der Waals surface area (Å²) in [6.45, 7) is 6.02. The van der Waals surface area contributed by atoms with Crippen molar-refractivity contribution in [1.82, 2.24) is 10.2 Å². The van der Waals surface area contributed by atoms with Gasteiger partial charge in [-0.05, 0) is 5.41 Å². The fraction of sp³-hybridized carbons (Fsp3) is 0.833. The van der Waals surface area contributed by atoms with Crippen LogP contribution >= 0.6 is 0 Å². The molecule has 1 N–H and O–H groups in total. The van der Waals surface area contributed by atoms with E-state index in [2.05, 4.69) is 5.32 Å². The lowest BCUT2D eigenvalue weighted by Crippen LogP contribution is -2.52. The molecule has 0 aliphatic carbocycles. The van der Waals surface area contributed by atoms with E-state index in [1.807, 2.05) is 20.8 Å². The maximum Gasteiger partial charge on any atom is 0.245 e. The highest BCUT2D eigenvalue weighted by atomic mass is 32.2. The summed E-state index contributed by atoms with van der Waals surface area (Å²) in [4.78, 5) is 25.5. The minimum atomic E-state index is -3.12. The van der Waals surface area contributed by atoms with E-state index in [9.17, 15) is 18.0 Å². The van der Waals surface area contributed by atoms with Gasteiger partial charge in [0.1, 0.15) is 15.9 Å². The lowest BCUT2D eigenvalue weighted by Gasteiger charge is -2.32. The van der Waals surface area contributed by atoms with Gasteiger partial charge in [-0.2, -0.15) is 0 Å². The molecule has 0 aromatic carbocycles. The second-order valence-corrected chi connectivity index (χ2v) is 8.33. The molecule has 1 fully saturated rings. The summed E-state index contributed by atoms with van der Waals surface area (Å²) in [6.07, 6.45) is 1.35. The van der Waals surface area contributed by atoms with E-state index < -0.39 is 21.3 Å². The standard InChI is InChI=1S/C12H22N2O4S/c1-12(2,3)10-11(16)14(6-5-9(15)13-10)7-8-19(4,17)18/h10H,5-8H2,1-4H3,(H,13,15). The van der Waals surface area contributed by atoms with Crippen LogP contribution in [0.15, 0.2) is 0 Å². The molecule has 7 heteroatoms. The van der Waals surface area contributed by atoms with Crippen LogP contribution in [0.4, 0.5) is 0 Å². The van der Waals surface area contributed by atoms with Crippen molar-refractivity contribution in [2.24, 2.45) is 5.41 Å². The third-order valence-corrected chi connectivity index (χ3v) is 3.99. The van der Waals surface area contributed by atoms with Crippen LogP contribution in [-0.4, -0.2) is 56.3 Å². The van der Waals surface area contributed by atoms with E-state index in [0.717, 1.165) is 6.26 Å². The van der Waals surface area contributed by atoms with Crippen LogP contribution in [0.5, 0.6) is 0 Å². The number of carbonyl (C=O) groups is 2. The molecule has 110 valence electrons. The average Bonchev–Trinajstić information content (AvgIpc) is 2.35. The normalized spacial score (nSPS) is 22.1. The largest absolute Gasteiger partial charge is 0.344 e. The molecule has 0 aromatic rings. The Bertz CT molecular complexity index is 465. The minimum Gasteiger partial charge on any atom is -0.344 e. The summed E-state index contributed by atoms with van der Waals surface area (Å²) in [6, 6.07) is -0.609. The fourth-order valence-electron chi connectivity index (χ4n) is 1.91. The molecule has 19 heavy (non-hydrogen) atoms. The van der Waals surface area contributed by atoms with E-state index in [0.29, 0.717) is 0 Å². The Kier molecular flexibility index (Phi) is 4.60. The van der Waals surface area contributed by atoms with Gasteiger partial charge in [-0.3, -0.25) is 9.59 Å². The molecule has 6 nitrogen and oxygen atoms in total. The van der Waals surface area contributed by atoms with Crippen LogP contribution < -0.4 is 5.32 Å². The molecule has 0 aromatic heterocycles. The van der Waals surface area contributed by atoms with Gasteiger partial charge in [0.25, 0.3) is 0 Å². The van der Waals surface area contributed by atoms with Gasteiger partial charge in [-0.15, -0.1) is 0 Å². The van der Waals surface area contributed by atoms with Crippen molar-refractivity contribution in [2.75, 3.05) is 25.1 Å². The van der Waals surface area contributed by atoms with Crippen LogP contribution in [0, 0.1) is 5.41 Å². The van der Waals surface area contributed by atoms with E-state index in [1.165, 1.54) is 4.90 Å². The second kappa shape index (κ2) is 5.48. The Balaban J connectivity index is 2.87.